The zero-order valence-corrected chi connectivity index (χ0v) is 12.8. The zero-order chi connectivity index (χ0) is 12.2. The molecule has 1 rings (SSSR count). The molecule has 4 heteroatoms. The van der Waals surface area contributed by atoms with Crippen LogP contribution in [0.2, 0.25) is 19.6 Å². The lowest BCUT2D eigenvalue weighted by Crippen LogP contribution is -2.44. The minimum absolute atomic E-state index is 0.955. The van der Waals surface area contributed by atoms with Crippen molar-refractivity contribution in [3.63, 3.8) is 0 Å². The molecular weight excluding hydrogens is 214 g/mol. The molecule has 0 spiro atoms. The molecule has 0 atom stereocenters. The van der Waals surface area contributed by atoms with Gasteiger partial charge in [-0.05, 0) is 20.3 Å². The van der Waals surface area contributed by atoms with Crippen LogP contribution in [-0.2, 0) is 0 Å². The lowest BCUT2D eigenvalue weighted by atomic mass is 10.5. The Morgan fingerprint density at radius 3 is 1.50 bits per heavy atom. The average Bonchev–Trinajstić information content (AvgIpc) is 2.22. The van der Waals surface area contributed by atoms with Gasteiger partial charge in [-0.2, -0.15) is 0 Å². The molecule has 1 fully saturated rings. The van der Waals surface area contributed by atoms with Crippen LogP contribution in [0.4, 0.5) is 0 Å². The fraction of sp³-hybridized carbons (Fsp3) is 1.00. The second-order valence-electron chi connectivity index (χ2n) is 6.44. The lowest BCUT2D eigenvalue weighted by Gasteiger charge is -2.29. The molecule has 0 unspecified atom stereocenters. The molecule has 0 radical (unpaired) electrons. The first-order valence-corrected chi connectivity index (χ1v) is 10.2. The monoisotopic (exact) mass is 243 g/mol. The van der Waals surface area contributed by atoms with Crippen LogP contribution < -0.4 is 0 Å². The maximum atomic E-state index is 2.67. The molecule has 0 aromatic heterocycles. The van der Waals surface area contributed by atoms with Gasteiger partial charge in [0.05, 0.1) is 8.07 Å². The van der Waals surface area contributed by atoms with Gasteiger partial charge in [-0.1, -0.05) is 19.6 Å². The van der Waals surface area contributed by atoms with Crippen LogP contribution >= 0.6 is 0 Å². The Hall–Kier alpha value is 0.0969. The van der Waals surface area contributed by atoms with Crippen molar-refractivity contribution in [2.75, 3.05) is 59.5 Å². The number of hydrogen-bond donors (Lipinski definition) is 0. The first-order valence-electron chi connectivity index (χ1n) is 6.46. The Labute approximate surface area is 102 Å². The number of likely N-dealkylation sites (N-methyl/N-ethyl adjacent to an activating group) is 2. The summed E-state index contributed by atoms with van der Waals surface area (Å²) in [6, 6.07) is 0. The van der Waals surface area contributed by atoms with Crippen molar-refractivity contribution in [1.29, 1.82) is 0 Å². The molecular formula is C12H29N3Si. The molecule has 0 aliphatic carbocycles. The second kappa shape index (κ2) is 6.14. The van der Waals surface area contributed by atoms with Crippen LogP contribution in [0.25, 0.3) is 0 Å². The van der Waals surface area contributed by atoms with Crippen LogP contribution in [0.15, 0.2) is 0 Å². The summed E-state index contributed by atoms with van der Waals surface area (Å²) in [4.78, 5) is 7.59. The summed E-state index contributed by atoms with van der Waals surface area (Å²) in [6.45, 7) is 14.7. The summed E-state index contributed by atoms with van der Waals surface area (Å²) < 4.78 is 0. The van der Waals surface area contributed by atoms with Gasteiger partial charge in [0.25, 0.3) is 0 Å². The predicted molar refractivity (Wildman–Crippen MR) is 74.8 cm³/mol. The summed E-state index contributed by atoms with van der Waals surface area (Å²) >= 11 is 0. The van der Waals surface area contributed by atoms with Gasteiger partial charge in [0.2, 0.25) is 0 Å². The number of hydrogen-bond acceptors (Lipinski definition) is 3. The third kappa shape index (κ3) is 5.99. The first kappa shape index (κ1) is 14.2. The van der Waals surface area contributed by atoms with Crippen molar-refractivity contribution in [2.24, 2.45) is 0 Å². The van der Waals surface area contributed by atoms with E-state index in [9.17, 15) is 0 Å². The predicted octanol–water partition coefficient (Wildman–Crippen LogP) is 1.04. The molecule has 0 aromatic carbocycles. The van der Waals surface area contributed by atoms with E-state index < -0.39 is 8.07 Å². The van der Waals surface area contributed by atoms with Crippen molar-refractivity contribution < 1.29 is 0 Å². The summed E-state index contributed by atoms with van der Waals surface area (Å²) in [5.41, 5.74) is 0. The van der Waals surface area contributed by atoms with Crippen LogP contribution in [0.3, 0.4) is 0 Å². The van der Waals surface area contributed by atoms with E-state index in [1.165, 1.54) is 45.4 Å². The van der Waals surface area contributed by atoms with Gasteiger partial charge in [-0.15, -0.1) is 0 Å². The molecule has 0 N–H and O–H groups in total. The molecule has 1 heterocycles. The van der Waals surface area contributed by atoms with Crippen molar-refractivity contribution in [3.8, 4) is 0 Å². The minimum atomic E-state index is -0.955. The Morgan fingerprint density at radius 1 is 0.750 bits per heavy atom. The number of nitrogens with zero attached hydrogens (tertiary/aromatic N) is 3. The second-order valence-corrected chi connectivity index (χ2v) is 11.9. The molecule has 96 valence electrons. The minimum Gasteiger partial charge on any atom is -0.304 e. The fourth-order valence-electron chi connectivity index (χ4n) is 2.13. The lowest BCUT2D eigenvalue weighted by molar-refractivity contribution is 0.262. The average molecular weight is 243 g/mol. The summed E-state index contributed by atoms with van der Waals surface area (Å²) in [7, 11) is 3.53. The van der Waals surface area contributed by atoms with Crippen molar-refractivity contribution in [2.45, 2.75) is 19.6 Å². The highest BCUT2D eigenvalue weighted by Gasteiger charge is 2.19. The van der Waals surface area contributed by atoms with Crippen molar-refractivity contribution >= 4 is 8.07 Å². The van der Waals surface area contributed by atoms with Crippen molar-refractivity contribution in [3.05, 3.63) is 0 Å². The van der Waals surface area contributed by atoms with E-state index in [0.717, 1.165) is 0 Å². The van der Waals surface area contributed by atoms with Gasteiger partial charge < -0.3 is 14.7 Å². The van der Waals surface area contributed by atoms with Gasteiger partial charge in [0.15, 0.2) is 0 Å². The largest absolute Gasteiger partial charge is 0.304 e. The Morgan fingerprint density at radius 2 is 1.12 bits per heavy atom. The van der Waals surface area contributed by atoms with Crippen molar-refractivity contribution in [1.82, 2.24) is 14.7 Å². The van der Waals surface area contributed by atoms with Gasteiger partial charge in [-0.25, -0.2) is 0 Å². The van der Waals surface area contributed by atoms with E-state index in [1.54, 1.807) is 0 Å². The van der Waals surface area contributed by atoms with Crippen LogP contribution in [-0.4, -0.2) is 82.3 Å². The summed E-state index contributed by atoms with van der Waals surface area (Å²) in [6.07, 6.45) is 1.34. The van der Waals surface area contributed by atoms with Crippen LogP contribution in [0.1, 0.15) is 0 Å². The van der Waals surface area contributed by atoms with E-state index in [-0.39, 0.29) is 0 Å². The van der Waals surface area contributed by atoms with E-state index in [4.69, 9.17) is 0 Å². The van der Waals surface area contributed by atoms with Gasteiger partial charge >= 0.3 is 0 Å². The zero-order valence-electron chi connectivity index (χ0n) is 11.8. The maximum absolute atomic E-state index is 2.67. The standard InChI is InChI=1S/C12H29N3Si/c1-13-6-7-14(2)9-11-15(10-8-13)12-16(3,4)5/h6-12H2,1-5H3. The Balaban J connectivity index is 2.49. The highest BCUT2D eigenvalue weighted by molar-refractivity contribution is 6.76. The molecule has 1 aliphatic heterocycles. The quantitative estimate of drug-likeness (QED) is 0.671. The molecule has 0 amide bonds. The van der Waals surface area contributed by atoms with Gasteiger partial charge in [-0.3, -0.25) is 0 Å². The summed E-state index contributed by atoms with van der Waals surface area (Å²) in [5.74, 6) is 0. The van der Waals surface area contributed by atoms with Gasteiger partial charge in [0, 0.05) is 39.3 Å². The molecule has 1 aliphatic rings. The topological polar surface area (TPSA) is 9.72 Å². The van der Waals surface area contributed by atoms with E-state index in [0.29, 0.717) is 0 Å². The van der Waals surface area contributed by atoms with Crippen LogP contribution in [0, 0.1) is 0 Å². The van der Waals surface area contributed by atoms with E-state index >= 15 is 0 Å². The van der Waals surface area contributed by atoms with E-state index in [2.05, 4.69) is 48.4 Å². The SMILES string of the molecule is CN1CCN(C)CCN(C[Si](C)(C)C)CC1. The van der Waals surface area contributed by atoms with E-state index in [1.807, 2.05) is 0 Å². The third-order valence-electron chi connectivity index (χ3n) is 3.16. The molecule has 0 bridgehead atoms. The first-order chi connectivity index (χ1) is 7.37. The highest BCUT2D eigenvalue weighted by atomic mass is 28.3. The molecule has 1 saturated heterocycles. The maximum Gasteiger partial charge on any atom is 0.0599 e. The molecule has 16 heavy (non-hydrogen) atoms. The molecule has 3 nitrogen and oxygen atoms in total. The van der Waals surface area contributed by atoms with Gasteiger partial charge in [0.1, 0.15) is 0 Å². The number of rotatable bonds is 2. The fourth-order valence-corrected chi connectivity index (χ4v) is 3.79. The molecule has 0 saturated carbocycles. The Kier molecular flexibility index (Phi) is 5.44. The third-order valence-corrected chi connectivity index (χ3v) is 4.55. The summed E-state index contributed by atoms with van der Waals surface area (Å²) in [5, 5.41) is 0. The Bertz CT molecular complexity index is 189. The van der Waals surface area contributed by atoms with Crippen LogP contribution in [0.5, 0.6) is 0 Å². The smallest absolute Gasteiger partial charge is 0.0599 e. The highest BCUT2D eigenvalue weighted by Crippen LogP contribution is 2.05. The molecule has 0 aromatic rings. The normalized spacial score (nSPS) is 23.8.